The van der Waals surface area contributed by atoms with Crippen LogP contribution in [0.2, 0.25) is 0 Å². The van der Waals surface area contributed by atoms with Crippen LogP contribution in [0.1, 0.15) is 46.9 Å². The summed E-state index contributed by atoms with van der Waals surface area (Å²) in [5.41, 5.74) is 1.47. The maximum atomic E-state index is 12.7. The number of imidazole rings is 1. The highest BCUT2D eigenvalue weighted by Gasteiger charge is 2.25. The van der Waals surface area contributed by atoms with E-state index < -0.39 is 11.5 Å². The van der Waals surface area contributed by atoms with Gasteiger partial charge in [0.25, 0.3) is 5.91 Å². The van der Waals surface area contributed by atoms with E-state index in [1.54, 1.807) is 36.3 Å². The Morgan fingerprint density at radius 1 is 1.31 bits per heavy atom. The van der Waals surface area contributed by atoms with Crippen molar-refractivity contribution in [2.24, 2.45) is 0 Å². The van der Waals surface area contributed by atoms with Crippen LogP contribution in [0.3, 0.4) is 0 Å². The summed E-state index contributed by atoms with van der Waals surface area (Å²) in [6.45, 7) is 1.77. The Morgan fingerprint density at radius 3 is 2.77 bits per heavy atom. The molecule has 1 N–H and O–H groups in total. The molecule has 0 spiro atoms. The normalized spacial score (nSPS) is 14.0. The monoisotopic (exact) mass is 349 g/mol. The fourth-order valence-corrected chi connectivity index (χ4v) is 3.19. The summed E-state index contributed by atoms with van der Waals surface area (Å²) in [5, 5.41) is 2.83. The number of nitrogens with zero attached hydrogens (tertiary/aromatic N) is 2. The molecule has 1 aromatic carbocycles. The minimum absolute atomic E-state index is 0.0495. The Balaban J connectivity index is 1.65. The lowest BCUT2D eigenvalue weighted by Gasteiger charge is -2.24. The van der Waals surface area contributed by atoms with Gasteiger partial charge in [-0.3, -0.25) is 4.79 Å². The SMILES string of the molecule is Cc1cc(C2CCC2)oc(=O)c1C(=O)Nc1ccccc1-n1ccnc1. The molecule has 1 saturated carbocycles. The molecule has 2 aromatic heterocycles. The van der Waals surface area contributed by atoms with Crippen LogP contribution in [0.4, 0.5) is 5.69 Å². The molecule has 26 heavy (non-hydrogen) atoms. The average Bonchev–Trinajstić information content (AvgIpc) is 3.07. The molecular formula is C20H19N3O3. The van der Waals surface area contributed by atoms with E-state index in [0.29, 0.717) is 22.9 Å². The number of rotatable bonds is 4. The fraction of sp³-hybridized carbons (Fsp3) is 0.250. The third kappa shape index (κ3) is 2.94. The number of hydrogen-bond acceptors (Lipinski definition) is 4. The van der Waals surface area contributed by atoms with Crippen LogP contribution in [-0.2, 0) is 0 Å². The zero-order chi connectivity index (χ0) is 18.1. The van der Waals surface area contributed by atoms with Crippen LogP contribution in [0.15, 0.2) is 58.3 Å². The summed E-state index contributed by atoms with van der Waals surface area (Å²) in [7, 11) is 0. The summed E-state index contributed by atoms with van der Waals surface area (Å²) in [4.78, 5) is 29.2. The van der Waals surface area contributed by atoms with Crippen LogP contribution in [-0.4, -0.2) is 15.5 Å². The summed E-state index contributed by atoms with van der Waals surface area (Å²) >= 11 is 0. The Hall–Kier alpha value is -3.15. The molecule has 0 radical (unpaired) electrons. The molecule has 2 heterocycles. The highest BCUT2D eigenvalue weighted by molar-refractivity contribution is 6.05. The van der Waals surface area contributed by atoms with Crippen molar-refractivity contribution in [3.63, 3.8) is 0 Å². The number of nitrogens with one attached hydrogen (secondary N) is 1. The van der Waals surface area contributed by atoms with Gasteiger partial charge in [0, 0.05) is 18.3 Å². The van der Waals surface area contributed by atoms with E-state index in [-0.39, 0.29) is 5.56 Å². The van der Waals surface area contributed by atoms with Gasteiger partial charge in [0.2, 0.25) is 0 Å². The Bertz CT molecular complexity index is 1000. The Morgan fingerprint density at radius 2 is 2.12 bits per heavy atom. The van der Waals surface area contributed by atoms with E-state index in [2.05, 4.69) is 10.3 Å². The highest BCUT2D eigenvalue weighted by Crippen LogP contribution is 2.36. The van der Waals surface area contributed by atoms with Crippen LogP contribution in [0, 0.1) is 6.92 Å². The van der Waals surface area contributed by atoms with Crippen molar-refractivity contribution in [1.82, 2.24) is 9.55 Å². The minimum Gasteiger partial charge on any atom is -0.427 e. The number of anilines is 1. The molecule has 3 aromatic rings. The summed E-state index contributed by atoms with van der Waals surface area (Å²) in [5.74, 6) is 0.526. The number of benzene rings is 1. The molecule has 132 valence electrons. The van der Waals surface area contributed by atoms with E-state index >= 15 is 0 Å². The number of aromatic nitrogens is 2. The molecule has 4 rings (SSSR count). The van der Waals surface area contributed by atoms with Crippen molar-refractivity contribution < 1.29 is 9.21 Å². The molecule has 0 unspecified atom stereocenters. The smallest absolute Gasteiger partial charge is 0.349 e. The van der Waals surface area contributed by atoms with Gasteiger partial charge in [-0.25, -0.2) is 9.78 Å². The van der Waals surface area contributed by atoms with Crippen molar-refractivity contribution in [2.45, 2.75) is 32.1 Å². The van der Waals surface area contributed by atoms with Gasteiger partial charge in [0.1, 0.15) is 11.3 Å². The zero-order valence-corrected chi connectivity index (χ0v) is 14.4. The van der Waals surface area contributed by atoms with Gasteiger partial charge in [-0.2, -0.15) is 0 Å². The predicted molar refractivity (Wildman–Crippen MR) is 97.8 cm³/mol. The second kappa shape index (κ2) is 6.63. The molecule has 0 aliphatic heterocycles. The average molecular weight is 349 g/mol. The second-order valence-electron chi connectivity index (χ2n) is 6.56. The lowest BCUT2D eigenvalue weighted by atomic mass is 9.83. The third-order valence-electron chi connectivity index (χ3n) is 4.84. The van der Waals surface area contributed by atoms with Gasteiger partial charge >= 0.3 is 5.63 Å². The van der Waals surface area contributed by atoms with Crippen molar-refractivity contribution in [3.8, 4) is 5.69 Å². The van der Waals surface area contributed by atoms with Crippen molar-refractivity contribution in [1.29, 1.82) is 0 Å². The first-order valence-electron chi connectivity index (χ1n) is 8.67. The summed E-state index contributed by atoms with van der Waals surface area (Å²) in [6, 6.07) is 9.17. The van der Waals surface area contributed by atoms with E-state index in [0.717, 1.165) is 24.9 Å². The fourth-order valence-electron chi connectivity index (χ4n) is 3.19. The highest BCUT2D eigenvalue weighted by atomic mass is 16.4. The van der Waals surface area contributed by atoms with Gasteiger partial charge in [-0.15, -0.1) is 0 Å². The molecular weight excluding hydrogens is 330 g/mol. The summed E-state index contributed by atoms with van der Waals surface area (Å²) in [6.07, 6.45) is 8.33. The number of aryl methyl sites for hydroxylation is 1. The van der Waals surface area contributed by atoms with Gasteiger partial charge in [-0.1, -0.05) is 18.6 Å². The molecule has 0 atom stereocenters. The van der Waals surface area contributed by atoms with E-state index in [1.165, 1.54) is 0 Å². The van der Waals surface area contributed by atoms with Gasteiger partial charge in [-0.05, 0) is 43.5 Å². The van der Waals surface area contributed by atoms with E-state index in [1.807, 2.05) is 24.3 Å². The molecule has 1 amide bonds. The maximum absolute atomic E-state index is 12.7. The van der Waals surface area contributed by atoms with E-state index in [9.17, 15) is 9.59 Å². The van der Waals surface area contributed by atoms with Crippen molar-refractivity contribution in [2.75, 3.05) is 5.32 Å². The quantitative estimate of drug-likeness (QED) is 0.780. The van der Waals surface area contributed by atoms with E-state index in [4.69, 9.17) is 4.42 Å². The number of carbonyl (C=O) groups is 1. The Labute approximate surface area is 150 Å². The first-order chi connectivity index (χ1) is 12.6. The molecule has 1 fully saturated rings. The van der Waals surface area contributed by atoms with Crippen LogP contribution in [0.5, 0.6) is 0 Å². The predicted octanol–water partition coefficient (Wildman–Crippen LogP) is 3.65. The first-order valence-corrected chi connectivity index (χ1v) is 8.67. The number of amides is 1. The summed E-state index contributed by atoms with van der Waals surface area (Å²) < 4.78 is 7.22. The largest absolute Gasteiger partial charge is 0.427 e. The number of para-hydroxylation sites is 2. The van der Waals surface area contributed by atoms with Crippen LogP contribution >= 0.6 is 0 Å². The van der Waals surface area contributed by atoms with Crippen molar-refractivity contribution >= 4 is 11.6 Å². The lowest BCUT2D eigenvalue weighted by Crippen LogP contribution is -2.24. The lowest BCUT2D eigenvalue weighted by molar-refractivity contribution is 0.102. The van der Waals surface area contributed by atoms with Gasteiger partial charge < -0.3 is 14.3 Å². The third-order valence-corrected chi connectivity index (χ3v) is 4.84. The van der Waals surface area contributed by atoms with Crippen LogP contribution in [0.25, 0.3) is 5.69 Å². The Kier molecular flexibility index (Phi) is 4.16. The maximum Gasteiger partial charge on any atom is 0.349 e. The standard InChI is InChI=1S/C20H19N3O3/c1-13-11-17(14-5-4-6-14)26-20(25)18(13)19(24)22-15-7-2-3-8-16(15)23-10-9-21-12-23/h2-3,7-12,14H,4-6H2,1H3,(H,22,24). The van der Waals surface area contributed by atoms with Crippen molar-refractivity contribution in [3.05, 3.63) is 76.4 Å². The number of hydrogen-bond donors (Lipinski definition) is 1. The minimum atomic E-state index is -0.579. The molecule has 6 nitrogen and oxygen atoms in total. The first kappa shape index (κ1) is 16.3. The van der Waals surface area contributed by atoms with Gasteiger partial charge in [0.05, 0.1) is 17.7 Å². The number of carbonyl (C=O) groups excluding carboxylic acids is 1. The van der Waals surface area contributed by atoms with Crippen LogP contribution < -0.4 is 10.9 Å². The second-order valence-corrected chi connectivity index (χ2v) is 6.56. The molecule has 6 heteroatoms. The molecule has 0 saturated heterocycles. The molecule has 1 aliphatic carbocycles. The molecule has 0 bridgehead atoms. The van der Waals surface area contributed by atoms with Gasteiger partial charge in [0.15, 0.2) is 0 Å². The molecule has 1 aliphatic rings. The zero-order valence-electron chi connectivity index (χ0n) is 14.4. The topological polar surface area (TPSA) is 77.1 Å².